The lowest BCUT2D eigenvalue weighted by molar-refractivity contribution is -0.134. The SMILES string of the molecule is CNC(C(N)=O)N1C2c3cc(F)ccc3OC[C@@H]2[C@@H](c2ccccc2)N1C(=O)OC. The van der Waals surface area contributed by atoms with Crippen molar-refractivity contribution in [2.45, 2.75) is 18.2 Å². The lowest BCUT2D eigenvalue weighted by Crippen LogP contribution is -2.58. The zero-order valence-corrected chi connectivity index (χ0v) is 16.6. The Labute approximate surface area is 173 Å². The van der Waals surface area contributed by atoms with Crippen LogP contribution in [-0.2, 0) is 9.53 Å². The van der Waals surface area contributed by atoms with Crippen molar-refractivity contribution in [3.63, 3.8) is 0 Å². The number of likely N-dealkylation sites (N-methyl/N-ethyl adjacent to an activating group) is 1. The third-order valence-corrected chi connectivity index (χ3v) is 5.64. The fourth-order valence-corrected chi connectivity index (χ4v) is 4.48. The highest BCUT2D eigenvalue weighted by atomic mass is 19.1. The number of hydrogen-bond acceptors (Lipinski definition) is 6. The van der Waals surface area contributed by atoms with Crippen LogP contribution in [0.3, 0.4) is 0 Å². The number of rotatable bonds is 4. The monoisotopic (exact) mass is 414 g/mol. The molecule has 2 aliphatic rings. The van der Waals surface area contributed by atoms with Gasteiger partial charge in [-0.05, 0) is 30.8 Å². The molecule has 0 aromatic heterocycles. The standard InChI is InChI=1S/C21H23FN4O4/c1-24-20(19(23)27)25-18-14-10-13(22)8-9-16(14)30-11-15(18)17(26(25)21(28)29-2)12-6-4-3-5-7-12/h3-10,15,17-18,20,24H,11H2,1-2H3,(H2,23,27)/t15-,17-,18?,20?/m1/s1. The van der Waals surface area contributed by atoms with E-state index in [2.05, 4.69) is 5.32 Å². The Balaban J connectivity index is 1.94. The van der Waals surface area contributed by atoms with Crippen LogP contribution in [0.4, 0.5) is 9.18 Å². The maximum Gasteiger partial charge on any atom is 0.424 e. The third-order valence-electron chi connectivity index (χ3n) is 5.64. The van der Waals surface area contributed by atoms with E-state index in [4.69, 9.17) is 15.2 Å². The smallest absolute Gasteiger partial charge is 0.424 e. The second-order valence-corrected chi connectivity index (χ2v) is 7.25. The van der Waals surface area contributed by atoms with E-state index in [0.29, 0.717) is 11.3 Å². The normalized spacial score (nSPS) is 23.8. The van der Waals surface area contributed by atoms with Crippen molar-refractivity contribution in [1.82, 2.24) is 15.3 Å². The van der Waals surface area contributed by atoms with Gasteiger partial charge in [0.25, 0.3) is 5.91 Å². The predicted molar refractivity (Wildman–Crippen MR) is 105 cm³/mol. The summed E-state index contributed by atoms with van der Waals surface area (Å²) < 4.78 is 25.2. The number of methoxy groups -OCH3 is 1. The molecular weight excluding hydrogens is 391 g/mol. The molecule has 4 rings (SSSR count). The molecule has 158 valence electrons. The number of nitrogens with zero attached hydrogens (tertiary/aromatic N) is 2. The first-order valence-electron chi connectivity index (χ1n) is 9.57. The number of benzene rings is 2. The summed E-state index contributed by atoms with van der Waals surface area (Å²) in [6.45, 7) is 0.266. The molecule has 0 bridgehead atoms. The Morgan fingerprint density at radius 1 is 1.23 bits per heavy atom. The van der Waals surface area contributed by atoms with Gasteiger partial charge in [-0.2, -0.15) is 5.01 Å². The molecule has 0 saturated carbocycles. The molecule has 9 heteroatoms. The van der Waals surface area contributed by atoms with Crippen molar-refractivity contribution in [2.75, 3.05) is 20.8 Å². The van der Waals surface area contributed by atoms with Crippen LogP contribution in [0.25, 0.3) is 0 Å². The summed E-state index contributed by atoms with van der Waals surface area (Å²) >= 11 is 0. The Bertz CT molecular complexity index is 957. The summed E-state index contributed by atoms with van der Waals surface area (Å²) in [4.78, 5) is 25.2. The predicted octanol–water partition coefficient (Wildman–Crippen LogP) is 1.95. The zero-order valence-electron chi connectivity index (χ0n) is 16.6. The molecule has 30 heavy (non-hydrogen) atoms. The highest BCUT2D eigenvalue weighted by molar-refractivity contribution is 5.80. The van der Waals surface area contributed by atoms with Gasteiger partial charge in [-0.1, -0.05) is 30.3 Å². The van der Waals surface area contributed by atoms with Crippen molar-refractivity contribution in [3.05, 3.63) is 65.5 Å². The molecule has 8 nitrogen and oxygen atoms in total. The van der Waals surface area contributed by atoms with Crippen molar-refractivity contribution in [2.24, 2.45) is 11.7 Å². The number of ether oxygens (including phenoxy) is 2. The minimum Gasteiger partial charge on any atom is -0.493 e. The van der Waals surface area contributed by atoms with E-state index in [1.54, 1.807) is 18.1 Å². The molecule has 4 atom stereocenters. The molecule has 0 aliphatic carbocycles. The summed E-state index contributed by atoms with van der Waals surface area (Å²) in [5.74, 6) is -0.911. The number of halogens is 1. The fourth-order valence-electron chi connectivity index (χ4n) is 4.48. The number of fused-ring (bicyclic) bond motifs is 3. The number of nitrogens with two attached hydrogens (primary N) is 1. The Hall–Kier alpha value is -3.17. The van der Waals surface area contributed by atoms with Crippen molar-refractivity contribution in [1.29, 1.82) is 0 Å². The minimum atomic E-state index is -1.03. The van der Waals surface area contributed by atoms with Crippen LogP contribution < -0.4 is 15.8 Å². The van der Waals surface area contributed by atoms with E-state index in [1.807, 2.05) is 30.3 Å². The van der Waals surface area contributed by atoms with Crippen molar-refractivity contribution >= 4 is 12.0 Å². The van der Waals surface area contributed by atoms with E-state index in [9.17, 15) is 14.0 Å². The summed E-state index contributed by atoms with van der Waals surface area (Å²) in [5.41, 5.74) is 7.04. The van der Waals surface area contributed by atoms with Gasteiger partial charge in [0.1, 0.15) is 11.6 Å². The Kier molecular flexibility index (Phi) is 5.31. The van der Waals surface area contributed by atoms with Crippen LogP contribution in [0.15, 0.2) is 48.5 Å². The molecule has 2 aromatic rings. The lowest BCUT2D eigenvalue weighted by atomic mass is 9.84. The molecule has 2 aliphatic heterocycles. The number of primary amides is 1. The second kappa shape index (κ2) is 7.92. The molecule has 3 N–H and O–H groups in total. The topological polar surface area (TPSA) is 97.1 Å². The highest BCUT2D eigenvalue weighted by Crippen LogP contribution is 2.53. The van der Waals surface area contributed by atoms with Crippen molar-refractivity contribution in [3.8, 4) is 5.75 Å². The average molecular weight is 414 g/mol. The molecule has 2 aromatic carbocycles. The van der Waals surface area contributed by atoms with Gasteiger partial charge in [0.05, 0.1) is 25.8 Å². The summed E-state index contributed by atoms with van der Waals surface area (Å²) in [6.07, 6.45) is -1.68. The van der Waals surface area contributed by atoms with Gasteiger partial charge < -0.3 is 15.2 Å². The second-order valence-electron chi connectivity index (χ2n) is 7.25. The van der Waals surface area contributed by atoms with Crippen LogP contribution in [0.2, 0.25) is 0 Å². The summed E-state index contributed by atoms with van der Waals surface area (Å²) in [5, 5.41) is 5.81. The number of hydrogen-bond donors (Lipinski definition) is 2. The van der Waals surface area contributed by atoms with E-state index in [-0.39, 0.29) is 12.5 Å². The largest absolute Gasteiger partial charge is 0.493 e. The molecule has 1 saturated heterocycles. The van der Waals surface area contributed by atoms with Crippen LogP contribution >= 0.6 is 0 Å². The molecule has 0 spiro atoms. The quantitative estimate of drug-likeness (QED) is 0.794. The highest BCUT2D eigenvalue weighted by Gasteiger charge is 2.57. The Morgan fingerprint density at radius 3 is 2.60 bits per heavy atom. The number of hydrazine groups is 1. The van der Waals surface area contributed by atoms with Crippen LogP contribution in [-0.4, -0.2) is 48.9 Å². The molecule has 1 fully saturated rings. The van der Waals surface area contributed by atoms with Crippen LogP contribution in [0.5, 0.6) is 5.75 Å². The van der Waals surface area contributed by atoms with Gasteiger partial charge in [0, 0.05) is 11.5 Å². The Morgan fingerprint density at radius 2 is 1.97 bits per heavy atom. The first-order chi connectivity index (χ1) is 14.5. The van der Waals surface area contributed by atoms with E-state index >= 15 is 0 Å². The molecule has 2 unspecified atom stereocenters. The first kappa shape index (κ1) is 20.1. The zero-order chi connectivity index (χ0) is 21.4. The summed E-state index contributed by atoms with van der Waals surface area (Å²) in [7, 11) is 2.84. The fraction of sp³-hybridized carbons (Fsp3) is 0.333. The van der Waals surface area contributed by atoms with E-state index in [1.165, 1.54) is 24.3 Å². The minimum absolute atomic E-state index is 0.266. The average Bonchev–Trinajstić information content (AvgIpc) is 3.09. The van der Waals surface area contributed by atoms with E-state index < -0.39 is 36.1 Å². The molecule has 0 radical (unpaired) electrons. The maximum atomic E-state index is 14.2. The lowest BCUT2D eigenvalue weighted by Gasteiger charge is -2.38. The number of carbonyl (C=O) groups is 2. The maximum absolute atomic E-state index is 14.2. The molecule has 2 heterocycles. The number of amides is 2. The summed E-state index contributed by atoms with van der Waals surface area (Å²) in [6, 6.07) is 12.6. The number of carbonyl (C=O) groups excluding carboxylic acids is 2. The van der Waals surface area contributed by atoms with Gasteiger partial charge in [-0.15, -0.1) is 0 Å². The molecular formula is C21H23FN4O4. The van der Waals surface area contributed by atoms with E-state index in [0.717, 1.165) is 5.56 Å². The van der Waals surface area contributed by atoms with Gasteiger partial charge in [0.15, 0.2) is 6.17 Å². The number of nitrogens with one attached hydrogen (secondary N) is 1. The van der Waals surface area contributed by atoms with Gasteiger partial charge in [-0.25, -0.2) is 14.2 Å². The van der Waals surface area contributed by atoms with Gasteiger partial charge in [-0.3, -0.25) is 10.1 Å². The first-order valence-corrected chi connectivity index (χ1v) is 9.57. The van der Waals surface area contributed by atoms with Crippen molar-refractivity contribution < 1.29 is 23.5 Å². The van der Waals surface area contributed by atoms with Gasteiger partial charge in [0.2, 0.25) is 0 Å². The third kappa shape index (κ3) is 3.16. The van der Waals surface area contributed by atoms with Crippen LogP contribution in [0, 0.1) is 11.7 Å². The molecule has 2 amide bonds. The van der Waals surface area contributed by atoms with Gasteiger partial charge >= 0.3 is 6.09 Å². The van der Waals surface area contributed by atoms with Crippen LogP contribution in [0.1, 0.15) is 23.2 Å².